The summed E-state index contributed by atoms with van der Waals surface area (Å²) in [6, 6.07) is 1.98. The first-order valence-electron chi connectivity index (χ1n) is 4.90. The first-order chi connectivity index (χ1) is 7.65. The van der Waals surface area contributed by atoms with E-state index in [2.05, 4.69) is 4.99 Å². The summed E-state index contributed by atoms with van der Waals surface area (Å²) in [7, 11) is 3.16. The molecule has 0 radical (unpaired) electrons. The molecule has 0 saturated carbocycles. The Balaban J connectivity index is 3.38. The van der Waals surface area contributed by atoms with Gasteiger partial charge in [-0.15, -0.1) is 0 Å². The van der Waals surface area contributed by atoms with Crippen molar-refractivity contribution in [1.29, 1.82) is 0 Å². The predicted octanol–water partition coefficient (Wildman–Crippen LogP) is 2.16. The zero-order valence-electron chi connectivity index (χ0n) is 9.96. The molecule has 0 spiro atoms. The molecule has 0 aliphatic heterocycles. The van der Waals surface area contributed by atoms with Crippen LogP contribution in [0, 0.1) is 13.8 Å². The van der Waals surface area contributed by atoms with Crippen molar-refractivity contribution in [3.05, 3.63) is 22.8 Å². The second-order valence-electron chi connectivity index (χ2n) is 3.46. The number of methoxy groups -OCH3 is 2. The summed E-state index contributed by atoms with van der Waals surface area (Å²) < 4.78 is 10.6. The molecule has 86 valence electrons. The molecule has 1 rings (SSSR count). The Bertz CT molecular complexity index is 434. The molecule has 0 bridgehead atoms. The molecule has 0 atom stereocenters. The van der Waals surface area contributed by atoms with Gasteiger partial charge in [0, 0.05) is 5.56 Å². The third kappa shape index (κ3) is 2.23. The van der Waals surface area contributed by atoms with E-state index in [-0.39, 0.29) is 6.54 Å². The summed E-state index contributed by atoms with van der Waals surface area (Å²) in [6.07, 6.45) is 1.53. The average Bonchev–Trinajstić information content (AvgIpc) is 2.27. The number of rotatable bonds is 4. The molecule has 4 heteroatoms. The Morgan fingerprint density at radius 2 is 1.81 bits per heavy atom. The van der Waals surface area contributed by atoms with Crippen molar-refractivity contribution >= 4 is 6.08 Å². The van der Waals surface area contributed by atoms with Crippen molar-refractivity contribution in [2.45, 2.75) is 20.4 Å². The van der Waals surface area contributed by atoms with E-state index in [0.29, 0.717) is 11.5 Å². The van der Waals surface area contributed by atoms with Gasteiger partial charge in [-0.1, -0.05) is 6.07 Å². The highest BCUT2D eigenvalue weighted by Crippen LogP contribution is 2.36. The van der Waals surface area contributed by atoms with E-state index in [1.165, 1.54) is 6.08 Å². The van der Waals surface area contributed by atoms with Crippen LogP contribution in [0.1, 0.15) is 16.7 Å². The van der Waals surface area contributed by atoms with Crippen molar-refractivity contribution < 1.29 is 14.3 Å². The number of nitrogens with zero attached hydrogens (tertiary/aromatic N) is 1. The monoisotopic (exact) mass is 221 g/mol. The Hall–Kier alpha value is -1.80. The van der Waals surface area contributed by atoms with E-state index in [9.17, 15) is 4.79 Å². The highest BCUT2D eigenvalue weighted by molar-refractivity contribution is 5.55. The molecule has 0 fully saturated rings. The fourth-order valence-electron chi connectivity index (χ4n) is 1.75. The minimum atomic E-state index is 0.259. The van der Waals surface area contributed by atoms with Gasteiger partial charge in [0.1, 0.15) is 0 Å². The van der Waals surface area contributed by atoms with Crippen LogP contribution < -0.4 is 9.47 Å². The standard InChI is InChI=1S/C12H15NO3/c1-8-5-9(2)11(15-3)12(16-4)10(8)6-13-7-14/h5H,6H2,1-4H3. The number of aryl methyl sites for hydroxylation is 2. The molecule has 0 aliphatic rings. The highest BCUT2D eigenvalue weighted by atomic mass is 16.5. The fourth-order valence-corrected chi connectivity index (χ4v) is 1.75. The molecule has 1 aromatic carbocycles. The van der Waals surface area contributed by atoms with E-state index in [4.69, 9.17) is 9.47 Å². The number of aliphatic imine (C=N–C) groups is 1. The van der Waals surface area contributed by atoms with Gasteiger partial charge < -0.3 is 9.47 Å². The molecule has 4 nitrogen and oxygen atoms in total. The maximum atomic E-state index is 10.1. The van der Waals surface area contributed by atoms with E-state index >= 15 is 0 Å². The van der Waals surface area contributed by atoms with Gasteiger partial charge in [0.05, 0.1) is 20.8 Å². The molecule has 1 aromatic rings. The third-order valence-corrected chi connectivity index (χ3v) is 2.46. The molecule has 0 N–H and O–H groups in total. The lowest BCUT2D eigenvalue weighted by atomic mass is 10.0. The van der Waals surface area contributed by atoms with Gasteiger partial charge in [-0.05, 0) is 25.0 Å². The second-order valence-corrected chi connectivity index (χ2v) is 3.46. The van der Waals surface area contributed by atoms with Gasteiger partial charge in [-0.2, -0.15) is 0 Å². The number of benzene rings is 1. The Morgan fingerprint density at radius 1 is 1.19 bits per heavy atom. The van der Waals surface area contributed by atoms with Gasteiger partial charge in [-0.25, -0.2) is 9.79 Å². The maximum absolute atomic E-state index is 10.1. The summed E-state index contributed by atoms with van der Waals surface area (Å²) >= 11 is 0. The SMILES string of the molecule is COc1c(C)cc(C)c(CN=C=O)c1OC. The number of hydrogen-bond donors (Lipinski definition) is 0. The lowest BCUT2D eigenvalue weighted by Crippen LogP contribution is -2.00. The van der Waals surface area contributed by atoms with Crippen molar-refractivity contribution in [2.75, 3.05) is 14.2 Å². The van der Waals surface area contributed by atoms with E-state index in [1.54, 1.807) is 14.2 Å². The Labute approximate surface area is 94.9 Å². The number of hydrogen-bond acceptors (Lipinski definition) is 4. The molecular formula is C12H15NO3. The van der Waals surface area contributed by atoms with Crippen LogP contribution in [-0.4, -0.2) is 20.3 Å². The molecule has 0 aromatic heterocycles. The summed E-state index contributed by atoms with van der Waals surface area (Å²) in [6.45, 7) is 4.15. The van der Waals surface area contributed by atoms with Crippen LogP contribution in [0.25, 0.3) is 0 Å². The molecule has 0 saturated heterocycles. The Kier molecular flexibility index (Phi) is 4.09. The van der Waals surface area contributed by atoms with E-state index in [1.807, 2.05) is 19.9 Å². The summed E-state index contributed by atoms with van der Waals surface area (Å²) in [5, 5.41) is 0. The summed E-state index contributed by atoms with van der Waals surface area (Å²) in [4.78, 5) is 13.7. The van der Waals surface area contributed by atoms with Crippen LogP contribution in [0.15, 0.2) is 11.1 Å². The van der Waals surface area contributed by atoms with Crippen LogP contribution in [0.2, 0.25) is 0 Å². The van der Waals surface area contributed by atoms with E-state index in [0.717, 1.165) is 16.7 Å². The smallest absolute Gasteiger partial charge is 0.235 e. The fraction of sp³-hybridized carbons (Fsp3) is 0.417. The first-order valence-corrected chi connectivity index (χ1v) is 4.90. The van der Waals surface area contributed by atoms with Gasteiger partial charge in [0.25, 0.3) is 0 Å². The van der Waals surface area contributed by atoms with Crippen molar-refractivity contribution in [1.82, 2.24) is 0 Å². The van der Waals surface area contributed by atoms with Crippen molar-refractivity contribution in [3.8, 4) is 11.5 Å². The van der Waals surface area contributed by atoms with Crippen molar-refractivity contribution in [3.63, 3.8) is 0 Å². The molecular weight excluding hydrogens is 206 g/mol. The number of carbonyl (C=O) groups excluding carboxylic acids is 1. The molecule has 16 heavy (non-hydrogen) atoms. The van der Waals surface area contributed by atoms with Crippen LogP contribution in [0.5, 0.6) is 11.5 Å². The minimum Gasteiger partial charge on any atom is -0.493 e. The van der Waals surface area contributed by atoms with Crippen molar-refractivity contribution in [2.24, 2.45) is 4.99 Å². The van der Waals surface area contributed by atoms with Gasteiger partial charge in [0.15, 0.2) is 11.5 Å². The number of isocyanates is 1. The molecule has 0 unspecified atom stereocenters. The lowest BCUT2D eigenvalue weighted by Gasteiger charge is -2.16. The molecule has 0 amide bonds. The predicted molar refractivity (Wildman–Crippen MR) is 60.8 cm³/mol. The first kappa shape index (κ1) is 12.3. The topological polar surface area (TPSA) is 47.9 Å². The zero-order valence-corrected chi connectivity index (χ0v) is 9.96. The lowest BCUT2D eigenvalue weighted by molar-refractivity contribution is 0.349. The summed E-state index contributed by atoms with van der Waals surface area (Å²) in [5.74, 6) is 1.32. The molecule has 0 aliphatic carbocycles. The van der Waals surface area contributed by atoms with Gasteiger partial charge in [0.2, 0.25) is 6.08 Å². The normalized spacial score (nSPS) is 9.50. The quantitative estimate of drug-likeness (QED) is 0.578. The maximum Gasteiger partial charge on any atom is 0.235 e. The van der Waals surface area contributed by atoms with Crippen LogP contribution in [-0.2, 0) is 11.3 Å². The largest absolute Gasteiger partial charge is 0.493 e. The van der Waals surface area contributed by atoms with Gasteiger partial charge in [-0.3, -0.25) is 0 Å². The second kappa shape index (κ2) is 5.33. The van der Waals surface area contributed by atoms with E-state index < -0.39 is 0 Å². The average molecular weight is 221 g/mol. The van der Waals surface area contributed by atoms with Gasteiger partial charge >= 0.3 is 0 Å². The Morgan fingerprint density at radius 3 is 2.31 bits per heavy atom. The van der Waals surface area contributed by atoms with Crippen LogP contribution in [0.4, 0.5) is 0 Å². The zero-order chi connectivity index (χ0) is 12.1. The summed E-state index contributed by atoms with van der Waals surface area (Å²) in [5.41, 5.74) is 2.87. The number of ether oxygens (including phenoxy) is 2. The van der Waals surface area contributed by atoms with Crippen LogP contribution in [0.3, 0.4) is 0 Å². The minimum absolute atomic E-state index is 0.259. The molecule has 0 heterocycles. The highest BCUT2D eigenvalue weighted by Gasteiger charge is 2.15. The van der Waals surface area contributed by atoms with Crippen LogP contribution >= 0.6 is 0 Å². The third-order valence-electron chi connectivity index (χ3n) is 2.46.